The van der Waals surface area contributed by atoms with Crippen LogP contribution < -0.4 is 5.73 Å². The van der Waals surface area contributed by atoms with Gasteiger partial charge in [-0.05, 0) is 31.7 Å². The van der Waals surface area contributed by atoms with Gasteiger partial charge in [0.25, 0.3) is 5.91 Å². The van der Waals surface area contributed by atoms with Crippen LogP contribution in [0.2, 0.25) is 0 Å². The molecule has 6 nitrogen and oxygen atoms in total. The molecule has 0 spiro atoms. The molecule has 1 atom stereocenters. The number of rotatable bonds is 3. The van der Waals surface area contributed by atoms with Crippen molar-refractivity contribution in [3.63, 3.8) is 0 Å². The van der Waals surface area contributed by atoms with Gasteiger partial charge in [-0.2, -0.15) is 0 Å². The van der Waals surface area contributed by atoms with E-state index in [1.54, 1.807) is 11.7 Å². The highest BCUT2D eigenvalue weighted by Crippen LogP contribution is 2.37. The number of benzene rings is 1. The molecule has 4 rings (SSSR count). The second-order valence-corrected chi connectivity index (χ2v) is 7.52. The number of hydrogen-bond acceptors (Lipinski definition) is 6. The summed E-state index contributed by atoms with van der Waals surface area (Å²) in [7, 11) is 0. The minimum absolute atomic E-state index is 0.0240. The Balaban J connectivity index is 1.78. The summed E-state index contributed by atoms with van der Waals surface area (Å²) in [5.41, 5.74) is 11.2. The normalized spacial score (nSPS) is 17.1. The average molecular weight is 379 g/mol. The van der Waals surface area contributed by atoms with Gasteiger partial charge in [0, 0.05) is 18.3 Å². The largest absolute Gasteiger partial charge is 0.368 e. The van der Waals surface area contributed by atoms with Gasteiger partial charge in [0.2, 0.25) is 5.95 Å². The predicted octanol–water partition coefficient (Wildman–Crippen LogP) is 3.86. The first kappa shape index (κ1) is 17.6. The van der Waals surface area contributed by atoms with Crippen molar-refractivity contribution in [1.82, 2.24) is 19.9 Å². The van der Waals surface area contributed by atoms with Crippen molar-refractivity contribution in [2.24, 2.45) is 0 Å². The summed E-state index contributed by atoms with van der Waals surface area (Å²) in [4.78, 5) is 28.9. The number of carbonyl (C=O) groups excluding carboxylic acids is 1. The Morgan fingerprint density at radius 1 is 1.22 bits per heavy atom. The van der Waals surface area contributed by atoms with Crippen LogP contribution in [0.1, 0.15) is 46.4 Å². The molecule has 1 amide bonds. The molecule has 1 aliphatic heterocycles. The molecule has 0 aliphatic carbocycles. The molecule has 1 fully saturated rings. The topological polar surface area (TPSA) is 85.0 Å². The maximum atomic E-state index is 13.2. The van der Waals surface area contributed by atoms with E-state index in [2.05, 4.69) is 15.0 Å². The van der Waals surface area contributed by atoms with Gasteiger partial charge in [-0.25, -0.2) is 15.0 Å². The monoisotopic (exact) mass is 379 g/mol. The van der Waals surface area contributed by atoms with Crippen molar-refractivity contribution < 1.29 is 4.79 Å². The number of piperidine rings is 1. The zero-order valence-corrected chi connectivity index (χ0v) is 15.9. The molecular weight excluding hydrogens is 358 g/mol. The van der Waals surface area contributed by atoms with Gasteiger partial charge in [-0.3, -0.25) is 4.79 Å². The summed E-state index contributed by atoms with van der Waals surface area (Å²) in [6.45, 7) is 2.58. The van der Waals surface area contributed by atoms with E-state index in [9.17, 15) is 4.79 Å². The molecular formula is C20H21N5OS. The minimum Gasteiger partial charge on any atom is -0.368 e. The molecule has 27 heavy (non-hydrogen) atoms. The molecule has 0 radical (unpaired) electrons. The molecule has 1 aromatic carbocycles. The molecule has 2 aromatic heterocycles. The second-order valence-electron chi connectivity index (χ2n) is 6.67. The van der Waals surface area contributed by atoms with Crippen molar-refractivity contribution >= 4 is 23.2 Å². The maximum absolute atomic E-state index is 13.2. The average Bonchev–Trinajstić information content (AvgIpc) is 3.14. The lowest BCUT2D eigenvalue weighted by atomic mass is 9.93. The molecule has 1 unspecified atom stereocenters. The van der Waals surface area contributed by atoms with Crippen LogP contribution in [0.4, 0.5) is 5.95 Å². The zero-order chi connectivity index (χ0) is 18.8. The number of hydrogen-bond donors (Lipinski definition) is 1. The van der Waals surface area contributed by atoms with Gasteiger partial charge < -0.3 is 10.6 Å². The molecule has 3 aromatic rings. The number of amides is 1. The van der Waals surface area contributed by atoms with Gasteiger partial charge in [-0.1, -0.05) is 30.3 Å². The van der Waals surface area contributed by atoms with E-state index in [0.29, 0.717) is 11.4 Å². The summed E-state index contributed by atoms with van der Waals surface area (Å²) in [5.74, 6) is 0.257. The number of aromatic nitrogens is 3. The lowest BCUT2D eigenvalue weighted by Crippen LogP contribution is -2.39. The van der Waals surface area contributed by atoms with Gasteiger partial charge in [0.1, 0.15) is 4.88 Å². The van der Waals surface area contributed by atoms with E-state index in [1.165, 1.54) is 11.3 Å². The van der Waals surface area contributed by atoms with E-state index in [1.807, 2.05) is 42.2 Å². The van der Waals surface area contributed by atoms with Gasteiger partial charge in [0.15, 0.2) is 0 Å². The molecule has 1 aliphatic rings. The van der Waals surface area contributed by atoms with E-state index < -0.39 is 0 Å². The molecule has 0 saturated carbocycles. The highest BCUT2D eigenvalue weighted by molar-refractivity contribution is 7.11. The standard InChI is InChI=1S/C20H21N5OS/c1-13-18(27-12-23-13)19(26)25-10-6-5-9-16(25)17-15(11-22-20(21)24-17)14-7-3-2-4-8-14/h2-4,7-8,11-12,16H,5-6,9-10H2,1H3,(H2,21,22,24). The van der Waals surface area contributed by atoms with Crippen LogP contribution in [0.3, 0.4) is 0 Å². The van der Waals surface area contributed by atoms with Crippen LogP contribution in [-0.2, 0) is 0 Å². The Kier molecular flexibility index (Phi) is 4.85. The fraction of sp³-hybridized carbons (Fsp3) is 0.300. The van der Waals surface area contributed by atoms with Gasteiger partial charge in [0.05, 0.1) is 22.9 Å². The van der Waals surface area contributed by atoms with Crippen molar-refractivity contribution in [3.8, 4) is 11.1 Å². The van der Waals surface area contributed by atoms with Crippen molar-refractivity contribution in [3.05, 3.63) is 58.3 Å². The predicted molar refractivity (Wildman–Crippen MR) is 106 cm³/mol. The third-order valence-corrected chi connectivity index (χ3v) is 5.86. The Bertz CT molecular complexity index is 956. The first-order chi connectivity index (χ1) is 13.1. The number of likely N-dealkylation sites (tertiary alicyclic amines) is 1. The van der Waals surface area contributed by atoms with Crippen LogP contribution in [0.5, 0.6) is 0 Å². The molecule has 1 saturated heterocycles. The highest BCUT2D eigenvalue weighted by atomic mass is 32.1. The number of anilines is 1. The molecule has 3 heterocycles. The lowest BCUT2D eigenvalue weighted by Gasteiger charge is -2.36. The summed E-state index contributed by atoms with van der Waals surface area (Å²) in [6.07, 6.45) is 4.66. The number of aryl methyl sites for hydroxylation is 1. The van der Waals surface area contributed by atoms with Crippen LogP contribution in [-0.4, -0.2) is 32.3 Å². The summed E-state index contributed by atoms with van der Waals surface area (Å²) in [6, 6.07) is 9.89. The number of carbonyl (C=O) groups is 1. The number of nitrogen functional groups attached to an aromatic ring is 1. The van der Waals surface area contributed by atoms with E-state index >= 15 is 0 Å². The highest BCUT2D eigenvalue weighted by Gasteiger charge is 2.33. The van der Waals surface area contributed by atoms with Crippen molar-refractivity contribution in [2.75, 3.05) is 12.3 Å². The SMILES string of the molecule is Cc1ncsc1C(=O)N1CCCCC1c1nc(N)ncc1-c1ccccc1. The molecule has 0 bridgehead atoms. The van der Waals surface area contributed by atoms with Crippen LogP contribution >= 0.6 is 11.3 Å². The summed E-state index contributed by atoms with van der Waals surface area (Å²) < 4.78 is 0. The lowest BCUT2D eigenvalue weighted by molar-refractivity contribution is 0.0611. The third kappa shape index (κ3) is 3.42. The maximum Gasteiger partial charge on any atom is 0.266 e. The molecule has 7 heteroatoms. The fourth-order valence-electron chi connectivity index (χ4n) is 3.60. The van der Waals surface area contributed by atoms with Crippen molar-refractivity contribution in [2.45, 2.75) is 32.2 Å². The van der Waals surface area contributed by atoms with Crippen LogP contribution in [0.15, 0.2) is 42.0 Å². The minimum atomic E-state index is -0.117. The van der Waals surface area contributed by atoms with E-state index in [0.717, 1.165) is 41.8 Å². The van der Waals surface area contributed by atoms with E-state index in [-0.39, 0.29) is 17.9 Å². The smallest absolute Gasteiger partial charge is 0.266 e. The Morgan fingerprint density at radius 2 is 2.04 bits per heavy atom. The zero-order valence-electron chi connectivity index (χ0n) is 15.1. The molecule has 2 N–H and O–H groups in total. The first-order valence-corrected chi connectivity index (χ1v) is 9.92. The molecule has 138 valence electrons. The Morgan fingerprint density at radius 3 is 2.78 bits per heavy atom. The van der Waals surface area contributed by atoms with Crippen LogP contribution in [0, 0.1) is 6.92 Å². The Hall–Kier alpha value is -2.80. The Labute approximate surface area is 162 Å². The quantitative estimate of drug-likeness (QED) is 0.747. The number of thiazole rings is 1. The first-order valence-electron chi connectivity index (χ1n) is 9.04. The fourth-order valence-corrected chi connectivity index (χ4v) is 4.36. The van der Waals surface area contributed by atoms with Gasteiger partial charge >= 0.3 is 0 Å². The van der Waals surface area contributed by atoms with E-state index in [4.69, 9.17) is 5.73 Å². The summed E-state index contributed by atoms with van der Waals surface area (Å²) in [5, 5.41) is 0. The second kappa shape index (κ2) is 7.44. The summed E-state index contributed by atoms with van der Waals surface area (Å²) >= 11 is 1.39. The van der Waals surface area contributed by atoms with Crippen LogP contribution in [0.25, 0.3) is 11.1 Å². The number of nitrogens with zero attached hydrogens (tertiary/aromatic N) is 4. The van der Waals surface area contributed by atoms with Gasteiger partial charge in [-0.15, -0.1) is 11.3 Å². The third-order valence-electron chi connectivity index (χ3n) is 4.94. The number of nitrogens with two attached hydrogens (primary N) is 1. The van der Waals surface area contributed by atoms with Crippen molar-refractivity contribution in [1.29, 1.82) is 0 Å².